The van der Waals surface area contributed by atoms with Crippen LogP contribution in [-0.4, -0.2) is 9.13 Å². The summed E-state index contributed by atoms with van der Waals surface area (Å²) in [5.74, 6) is 0. The molecule has 3 heteroatoms. The van der Waals surface area contributed by atoms with Crippen molar-refractivity contribution in [2.75, 3.05) is 0 Å². The summed E-state index contributed by atoms with van der Waals surface area (Å²) in [6.07, 6.45) is 0. The molecule has 0 fully saturated rings. The van der Waals surface area contributed by atoms with Crippen LogP contribution in [-0.2, 0) is 0 Å². The maximum Gasteiger partial charge on any atom is 0.135 e. The number of furan rings is 1. The van der Waals surface area contributed by atoms with Gasteiger partial charge in [0.05, 0.1) is 22.2 Å². The number of hydrogen-bond acceptors (Lipinski definition) is 1. The summed E-state index contributed by atoms with van der Waals surface area (Å²) in [6, 6.07) is 60.8. The van der Waals surface area contributed by atoms with Crippen molar-refractivity contribution in [1.29, 1.82) is 0 Å². The summed E-state index contributed by atoms with van der Waals surface area (Å²) in [4.78, 5) is 0. The summed E-state index contributed by atoms with van der Waals surface area (Å²) in [7, 11) is 0. The minimum Gasteiger partial charge on any atom is -0.456 e. The Hall–Kier alpha value is -6.32. The van der Waals surface area contributed by atoms with E-state index in [1.165, 1.54) is 49.5 Å². The molecular weight excluding hydrogens is 572 g/mol. The van der Waals surface area contributed by atoms with Gasteiger partial charge in [-0.05, 0) is 66.2 Å². The van der Waals surface area contributed by atoms with Gasteiger partial charge in [0.2, 0.25) is 0 Å². The lowest BCUT2D eigenvalue weighted by Gasteiger charge is -2.15. The zero-order valence-corrected chi connectivity index (χ0v) is 25.5. The second-order valence-corrected chi connectivity index (χ2v) is 12.1. The molecule has 3 aromatic heterocycles. The van der Waals surface area contributed by atoms with Gasteiger partial charge in [-0.2, -0.15) is 0 Å². The molecule has 0 amide bonds. The van der Waals surface area contributed by atoms with Gasteiger partial charge >= 0.3 is 0 Å². The van der Waals surface area contributed by atoms with E-state index >= 15 is 0 Å². The quantitative estimate of drug-likeness (QED) is 0.197. The van der Waals surface area contributed by atoms with Crippen LogP contribution in [0.2, 0.25) is 0 Å². The molecule has 0 spiro atoms. The lowest BCUT2D eigenvalue weighted by molar-refractivity contribution is 0.669. The Morgan fingerprint density at radius 1 is 0.383 bits per heavy atom. The molecule has 0 unspecified atom stereocenters. The van der Waals surface area contributed by atoms with Crippen molar-refractivity contribution in [3.63, 3.8) is 0 Å². The number of benzene rings is 7. The second kappa shape index (κ2) is 10.1. The number of rotatable bonds is 4. The van der Waals surface area contributed by atoms with Crippen molar-refractivity contribution < 1.29 is 4.42 Å². The van der Waals surface area contributed by atoms with Crippen LogP contribution in [0.3, 0.4) is 0 Å². The number of aromatic nitrogens is 2. The van der Waals surface area contributed by atoms with Gasteiger partial charge in [0.15, 0.2) is 0 Å². The Balaban J connectivity index is 1.39. The third kappa shape index (κ3) is 3.81. The number of fused-ring (bicyclic) bond motifs is 7. The molecule has 0 N–H and O–H groups in total. The highest BCUT2D eigenvalue weighted by molar-refractivity contribution is 6.19. The summed E-state index contributed by atoms with van der Waals surface area (Å²) >= 11 is 0. The molecule has 7 aromatic carbocycles. The molecule has 0 atom stereocenters. The Bertz CT molecular complexity index is 2780. The summed E-state index contributed by atoms with van der Waals surface area (Å²) < 4.78 is 11.1. The predicted molar refractivity (Wildman–Crippen MR) is 196 cm³/mol. The first-order chi connectivity index (χ1) is 23.3. The summed E-state index contributed by atoms with van der Waals surface area (Å²) in [5.41, 5.74) is 12.4. The van der Waals surface area contributed by atoms with Crippen LogP contribution in [0.15, 0.2) is 174 Å². The molecule has 0 aliphatic rings. The van der Waals surface area contributed by atoms with Crippen molar-refractivity contribution >= 4 is 54.6 Å². The third-order valence-electron chi connectivity index (χ3n) is 9.52. The Labute approximate surface area is 271 Å². The smallest absolute Gasteiger partial charge is 0.135 e. The normalized spacial score (nSPS) is 11.8. The van der Waals surface area contributed by atoms with Gasteiger partial charge in [-0.3, -0.25) is 0 Å². The highest BCUT2D eigenvalue weighted by atomic mass is 16.3. The fraction of sp³-hybridized carbons (Fsp3) is 0. The van der Waals surface area contributed by atoms with Crippen molar-refractivity contribution in [3.05, 3.63) is 170 Å². The average molecular weight is 601 g/mol. The SMILES string of the molecule is c1ccc(-n2c(-c3cccc4c3c3ccccc3n4-c3ccccc3)c(-c3ccc4oc5ccccc5c4c3)c3ccccc32)cc1. The first-order valence-electron chi connectivity index (χ1n) is 16.0. The molecule has 220 valence electrons. The summed E-state index contributed by atoms with van der Waals surface area (Å²) in [5, 5.41) is 5.93. The van der Waals surface area contributed by atoms with E-state index in [4.69, 9.17) is 4.42 Å². The van der Waals surface area contributed by atoms with Gasteiger partial charge in [0.1, 0.15) is 11.2 Å². The monoisotopic (exact) mass is 600 g/mol. The first-order valence-corrected chi connectivity index (χ1v) is 16.0. The lowest BCUT2D eigenvalue weighted by atomic mass is 9.94. The van der Waals surface area contributed by atoms with Crippen molar-refractivity contribution in [2.24, 2.45) is 0 Å². The molecule has 10 rings (SSSR count). The van der Waals surface area contributed by atoms with Gasteiger partial charge in [0.25, 0.3) is 0 Å². The van der Waals surface area contributed by atoms with E-state index in [9.17, 15) is 0 Å². The Kier molecular flexibility index (Phi) is 5.57. The van der Waals surface area contributed by atoms with E-state index < -0.39 is 0 Å². The topological polar surface area (TPSA) is 23.0 Å². The first kappa shape index (κ1) is 26.0. The Morgan fingerprint density at radius 3 is 1.72 bits per heavy atom. The molecular formula is C44H28N2O. The number of hydrogen-bond donors (Lipinski definition) is 0. The van der Waals surface area contributed by atoms with Gasteiger partial charge in [-0.1, -0.05) is 109 Å². The van der Waals surface area contributed by atoms with Crippen molar-refractivity contribution in [3.8, 4) is 33.8 Å². The minimum absolute atomic E-state index is 0.899. The minimum atomic E-state index is 0.899. The second-order valence-electron chi connectivity index (χ2n) is 12.1. The summed E-state index contributed by atoms with van der Waals surface area (Å²) in [6.45, 7) is 0. The van der Waals surface area contributed by atoms with Crippen LogP contribution < -0.4 is 0 Å². The highest BCUT2D eigenvalue weighted by Gasteiger charge is 2.25. The van der Waals surface area contributed by atoms with Gasteiger partial charge in [0, 0.05) is 49.4 Å². The van der Waals surface area contributed by atoms with Crippen LogP contribution in [0, 0.1) is 0 Å². The molecule has 47 heavy (non-hydrogen) atoms. The van der Waals surface area contributed by atoms with Gasteiger partial charge in [-0.15, -0.1) is 0 Å². The van der Waals surface area contributed by atoms with Crippen LogP contribution in [0.5, 0.6) is 0 Å². The fourth-order valence-corrected chi connectivity index (χ4v) is 7.59. The molecule has 0 bridgehead atoms. The van der Waals surface area contributed by atoms with Crippen molar-refractivity contribution in [2.45, 2.75) is 0 Å². The van der Waals surface area contributed by atoms with E-state index in [1.54, 1.807) is 0 Å². The molecule has 3 nitrogen and oxygen atoms in total. The van der Waals surface area contributed by atoms with Crippen LogP contribution in [0.4, 0.5) is 0 Å². The molecule has 3 heterocycles. The van der Waals surface area contributed by atoms with Crippen LogP contribution in [0.1, 0.15) is 0 Å². The van der Waals surface area contributed by atoms with E-state index in [-0.39, 0.29) is 0 Å². The van der Waals surface area contributed by atoms with E-state index in [1.807, 2.05) is 12.1 Å². The molecule has 10 aromatic rings. The van der Waals surface area contributed by atoms with Crippen LogP contribution >= 0.6 is 0 Å². The van der Waals surface area contributed by atoms with Crippen LogP contribution in [0.25, 0.3) is 88.4 Å². The fourth-order valence-electron chi connectivity index (χ4n) is 7.59. The van der Waals surface area contributed by atoms with Gasteiger partial charge < -0.3 is 13.6 Å². The highest BCUT2D eigenvalue weighted by Crippen LogP contribution is 2.47. The zero-order chi connectivity index (χ0) is 30.9. The zero-order valence-electron chi connectivity index (χ0n) is 25.5. The third-order valence-corrected chi connectivity index (χ3v) is 9.52. The van der Waals surface area contributed by atoms with E-state index in [0.29, 0.717) is 0 Å². The molecule has 0 aliphatic carbocycles. The largest absolute Gasteiger partial charge is 0.456 e. The maximum absolute atomic E-state index is 6.26. The lowest BCUT2D eigenvalue weighted by Crippen LogP contribution is -1.98. The Morgan fingerprint density at radius 2 is 0.957 bits per heavy atom. The molecule has 0 saturated heterocycles. The standard InChI is InChI=1S/C44H28N2O/c1-3-14-30(15-4-1)45-37-22-10-8-20-34(37)43-35(21-13-24-39(43)45)44-42(29-26-27-41-36(28-29)32-18-9-12-25-40(32)47-41)33-19-7-11-23-38(33)46(44)31-16-5-2-6-17-31/h1-28H. The number of para-hydroxylation sites is 5. The maximum atomic E-state index is 6.26. The average Bonchev–Trinajstić information content (AvgIpc) is 3.80. The van der Waals surface area contributed by atoms with E-state index in [0.717, 1.165) is 38.9 Å². The molecule has 0 radical (unpaired) electrons. The van der Waals surface area contributed by atoms with E-state index in [2.05, 4.69) is 167 Å². The molecule has 0 saturated carbocycles. The predicted octanol–water partition coefficient (Wildman–Crippen LogP) is 12.0. The van der Waals surface area contributed by atoms with Crippen molar-refractivity contribution in [1.82, 2.24) is 9.13 Å². The molecule has 0 aliphatic heterocycles. The van der Waals surface area contributed by atoms with Gasteiger partial charge in [-0.25, -0.2) is 0 Å². The number of nitrogens with zero attached hydrogens (tertiary/aromatic N) is 2.